The van der Waals surface area contributed by atoms with Crippen LogP contribution in [0.25, 0.3) is 0 Å². The van der Waals surface area contributed by atoms with E-state index in [1.807, 2.05) is 18.2 Å². The molecule has 0 atom stereocenters. The highest BCUT2D eigenvalue weighted by molar-refractivity contribution is 9.10. The second-order valence-corrected chi connectivity index (χ2v) is 4.97. The molecular formula is C11H14BrO. The largest absolute Gasteiger partial charge is 0.385 e. The smallest absolute Gasteiger partial charge is 0.109 e. The molecule has 0 spiro atoms. The van der Waals surface area contributed by atoms with Crippen molar-refractivity contribution in [3.63, 3.8) is 0 Å². The molecular weight excluding hydrogens is 228 g/mol. The Labute approximate surface area is 87.9 Å². The lowest BCUT2D eigenvalue weighted by Gasteiger charge is -2.21. The molecule has 0 amide bonds. The maximum Gasteiger partial charge on any atom is 0.109 e. The van der Waals surface area contributed by atoms with Crippen LogP contribution in [0, 0.1) is 6.61 Å². The first-order valence-corrected chi connectivity index (χ1v) is 5.02. The van der Waals surface area contributed by atoms with E-state index in [9.17, 15) is 0 Å². The molecule has 0 saturated carbocycles. The molecule has 2 heteroatoms. The highest BCUT2D eigenvalue weighted by atomic mass is 79.9. The standard InChI is InChI=1S/C11H14BrO/c1-11(2,3)9-5-4-8(7-13)6-10(9)12/h4-7,13H,1-3H3. The average Bonchev–Trinajstić information content (AvgIpc) is 2.01. The minimum absolute atomic E-state index is 0.132. The van der Waals surface area contributed by atoms with Crippen LogP contribution < -0.4 is 0 Å². The lowest BCUT2D eigenvalue weighted by atomic mass is 9.87. The summed E-state index contributed by atoms with van der Waals surface area (Å²) in [7, 11) is 0. The van der Waals surface area contributed by atoms with Crippen molar-refractivity contribution < 1.29 is 5.11 Å². The Bertz CT molecular complexity index is 299. The first-order valence-electron chi connectivity index (χ1n) is 4.22. The summed E-state index contributed by atoms with van der Waals surface area (Å²) in [5.74, 6) is 0. The number of aliphatic hydroxyl groups excluding tert-OH is 1. The zero-order valence-corrected chi connectivity index (χ0v) is 9.72. The first kappa shape index (κ1) is 10.7. The molecule has 0 aliphatic carbocycles. The molecule has 1 aromatic rings. The van der Waals surface area contributed by atoms with Gasteiger partial charge in [0.15, 0.2) is 0 Å². The van der Waals surface area contributed by atoms with Gasteiger partial charge in [0.1, 0.15) is 6.61 Å². The van der Waals surface area contributed by atoms with Gasteiger partial charge in [0.2, 0.25) is 0 Å². The van der Waals surface area contributed by atoms with Gasteiger partial charge in [-0.1, -0.05) is 48.8 Å². The predicted octanol–water partition coefficient (Wildman–Crippen LogP) is 3.63. The van der Waals surface area contributed by atoms with Crippen molar-refractivity contribution in [1.82, 2.24) is 0 Å². The first-order chi connectivity index (χ1) is 5.95. The monoisotopic (exact) mass is 241 g/mol. The van der Waals surface area contributed by atoms with Crippen LogP contribution in [0.4, 0.5) is 0 Å². The molecule has 0 saturated heterocycles. The summed E-state index contributed by atoms with van der Waals surface area (Å²) in [5, 5.41) is 8.81. The maximum atomic E-state index is 8.81. The SMILES string of the molecule is CC(C)(C)c1ccc([CH]O)cc1Br. The number of benzene rings is 1. The Morgan fingerprint density at radius 2 is 1.92 bits per heavy atom. The van der Waals surface area contributed by atoms with Gasteiger partial charge in [-0.2, -0.15) is 0 Å². The van der Waals surface area contributed by atoms with E-state index in [4.69, 9.17) is 5.11 Å². The number of hydrogen-bond acceptors (Lipinski definition) is 1. The van der Waals surface area contributed by atoms with Crippen molar-refractivity contribution in [3.05, 3.63) is 40.4 Å². The summed E-state index contributed by atoms with van der Waals surface area (Å²) in [6, 6.07) is 5.86. The molecule has 0 fully saturated rings. The molecule has 1 aromatic carbocycles. The summed E-state index contributed by atoms with van der Waals surface area (Å²) < 4.78 is 1.04. The van der Waals surface area contributed by atoms with E-state index >= 15 is 0 Å². The third-order valence-electron chi connectivity index (χ3n) is 1.95. The Hall–Kier alpha value is -0.340. The zero-order chi connectivity index (χ0) is 10.1. The molecule has 0 bridgehead atoms. The van der Waals surface area contributed by atoms with E-state index in [0.717, 1.165) is 16.6 Å². The second kappa shape index (κ2) is 3.81. The quantitative estimate of drug-likeness (QED) is 0.797. The topological polar surface area (TPSA) is 20.2 Å². The number of halogens is 1. The maximum absolute atomic E-state index is 8.81. The van der Waals surface area contributed by atoms with E-state index in [1.54, 1.807) is 0 Å². The van der Waals surface area contributed by atoms with Crippen LogP contribution in [0.3, 0.4) is 0 Å². The van der Waals surface area contributed by atoms with Crippen molar-refractivity contribution in [2.45, 2.75) is 26.2 Å². The van der Waals surface area contributed by atoms with Crippen LogP contribution >= 0.6 is 15.9 Å². The fourth-order valence-electron chi connectivity index (χ4n) is 1.22. The average molecular weight is 242 g/mol. The van der Waals surface area contributed by atoms with Crippen LogP contribution in [0.5, 0.6) is 0 Å². The molecule has 0 aliphatic rings. The third-order valence-corrected chi connectivity index (χ3v) is 2.61. The molecule has 13 heavy (non-hydrogen) atoms. The summed E-state index contributed by atoms with van der Waals surface area (Å²) in [6.07, 6.45) is 0. The minimum atomic E-state index is 0.132. The van der Waals surface area contributed by atoms with Crippen LogP contribution in [-0.4, -0.2) is 5.11 Å². The van der Waals surface area contributed by atoms with Crippen molar-refractivity contribution in [2.75, 3.05) is 0 Å². The number of aliphatic hydroxyl groups is 1. The van der Waals surface area contributed by atoms with Crippen molar-refractivity contribution >= 4 is 15.9 Å². The van der Waals surface area contributed by atoms with Crippen molar-refractivity contribution in [3.8, 4) is 0 Å². The number of rotatable bonds is 1. The molecule has 71 valence electrons. The lowest BCUT2D eigenvalue weighted by molar-refractivity contribution is 0.414. The van der Waals surface area contributed by atoms with Crippen LogP contribution in [0.15, 0.2) is 22.7 Å². The minimum Gasteiger partial charge on any atom is -0.385 e. The summed E-state index contributed by atoms with van der Waals surface area (Å²) in [6.45, 7) is 7.59. The van der Waals surface area contributed by atoms with Gasteiger partial charge in [-0.05, 0) is 22.6 Å². The molecule has 0 aliphatic heterocycles. The van der Waals surface area contributed by atoms with E-state index in [-0.39, 0.29) is 5.41 Å². The van der Waals surface area contributed by atoms with Gasteiger partial charge < -0.3 is 5.11 Å². The summed E-state index contributed by atoms with van der Waals surface area (Å²) in [5.41, 5.74) is 2.20. The van der Waals surface area contributed by atoms with Crippen LogP contribution in [0.2, 0.25) is 0 Å². The molecule has 1 N–H and O–H groups in total. The van der Waals surface area contributed by atoms with Gasteiger partial charge in [-0.3, -0.25) is 0 Å². The highest BCUT2D eigenvalue weighted by Gasteiger charge is 2.16. The summed E-state index contributed by atoms with van der Waals surface area (Å²) >= 11 is 3.49. The van der Waals surface area contributed by atoms with Gasteiger partial charge in [0.05, 0.1) is 0 Å². The Balaban J connectivity index is 3.13. The van der Waals surface area contributed by atoms with E-state index in [0.29, 0.717) is 0 Å². The second-order valence-electron chi connectivity index (χ2n) is 4.12. The fraction of sp³-hybridized carbons (Fsp3) is 0.364. The van der Waals surface area contributed by atoms with Gasteiger partial charge >= 0.3 is 0 Å². The van der Waals surface area contributed by atoms with E-state index < -0.39 is 0 Å². The van der Waals surface area contributed by atoms with Gasteiger partial charge in [-0.15, -0.1) is 0 Å². The highest BCUT2D eigenvalue weighted by Crippen LogP contribution is 2.30. The fourth-order valence-corrected chi connectivity index (χ4v) is 2.21. The van der Waals surface area contributed by atoms with Gasteiger partial charge in [0.25, 0.3) is 0 Å². The normalized spacial score (nSPS) is 11.8. The summed E-state index contributed by atoms with van der Waals surface area (Å²) in [4.78, 5) is 0. The molecule has 0 aromatic heterocycles. The van der Waals surface area contributed by atoms with E-state index in [1.165, 1.54) is 5.56 Å². The Morgan fingerprint density at radius 3 is 2.31 bits per heavy atom. The molecule has 0 unspecified atom stereocenters. The van der Waals surface area contributed by atoms with Crippen LogP contribution in [0.1, 0.15) is 31.9 Å². The number of hydrogen-bond donors (Lipinski definition) is 1. The van der Waals surface area contributed by atoms with Crippen molar-refractivity contribution in [2.24, 2.45) is 0 Å². The Kier molecular flexibility index (Phi) is 3.14. The predicted molar refractivity (Wildman–Crippen MR) is 58.2 cm³/mol. The molecule has 1 nitrogen and oxygen atoms in total. The third kappa shape index (κ3) is 2.55. The van der Waals surface area contributed by atoms with E-state index in [2.05, 4.69) is 36.7 Å². The van der Waals surface area contributed by atoms with Crippen LogP contribution in [-0.2, 0) is 5.41 Å². The van der Waals surface area contributed by atoms with Crippen molar-refractivity contribution in [1.29, 1.82) is 0 Å². The van der Waals surface area contributed by atoms with Gasteiger partial charge in [0, 0.05) is 4.47 Å². The Morgan fingerprint density at radius 1 is 1.31 bits per heavy atom. The molecule has 1 rings (SSSR count). The lowest BCUT2D eigenvalue weighted by Crippen LogP contribution is -2.11. The molecule has 0 heterocycles. The zero-order valence-electron chi connectivity index (χ0n) is 8.13. The van der Waals surface area contributed by atoms with Gasteiger partial charge in [-0.25, -0.2) is 0 Å². The molecule has 1 radical (unpaired) electrons.